The molecule has 0 aliphatic carbocycles. The summed E-state index contributed by atoms with van der Waals surface area (Å²) < 4.78 is 5.39. The maximum atomic E-state index is 12.0. The number of carbonyl (C=O) groups is 1. The van der Waals surface area contributed by atoms with Crippen LogP contribution in [0.4, 0.5) is 0 Å². The van der Waals surface area contributed by atoms with E-state index in [0.717, 1.165) is 22.3 Å². The molecule has 0 aliphatic heterocycles. The third kappa shape index (κ3) is 5.18. The largest absolute Gasteiger partial charge is 0.352 e. The first kappa shape index (κ1) is 21.6. The molecule has 0 saturated carbocycles. The zero-order valence-electron chi connectivity index (χ0n) is 16.2. The Morgan fingerprint density at radius 3 is 2.14 bits per heavy atom. The highest BCUT2D eigenvalue weighted by atomic mass is 35.5. The van der Waals surface area contributed by atoms with Crippen LogP contribution in [-0.4, -0.2) is 16.0 Å². The minimum Gasteiger partial charge on any atom is -0.352 e. The van der Waals surface area contributed by atoms with Gasteiger partial charge in [0, 0.05) is 29.6 Å². The van der Waals surface area contributed by atoms with Crippen LogP contribution in [0, 0.1) is 5.41 Å². The summed E-state index contributed by atoms with van der Waals surface area (Å²) in [7, 11) is 0. The molecule has 0 unspecified atom stereocenters. The van der Waals surface area contributed by atoms with Crippen LogP contribution in [0.3, 0.4) is 0 Å². The predicted octanol–water partition coefficient (Wildman–Crippen LogP) is 3.95. The van der Waals surface area contributed by atoms with Crippen LogP contribution in [0.1, 0.15) is 31.9 Å². The molecule has 0 spiro atoms. The summed E-state index contributed by atoms with van der Waals surface area (Å²) in [4.78, 5) is 16.4. The molecule has 0 bridgehead atoms. The van der Waals surface area contributed by atoms with Gasteiger partial charge in [0.25, 0.3) is 5.89 Å². The summed E-state index contributed by atoms with van der Waals surface area (Å²) in [6.45, 7) is 6.66. The van der Waals surface area contributed by atoms with Crippen molar-refractivity contribution in [3.63, 3.8) is 0 Å². The SMILES string of the molecule is CC(C)(C)C(=O)NCc1ccc(-c2nc(-c3ccc(CN)cc3)no2)cc1.Cl. The average molecular weight is 401 g/mol. The van der Waals surface area contributed by atoms with Crippen molar-refractivity contribution in [2.45, 2.75) is 33.9 Å². The molecule has 1 heterocycles. The lowest BCUT2D eigenvalue weighted by atomic mass is 9.95. The Morgan fingerprint density at radius 1 is 1.00 bits per heavy atom. The van der Waals surface area contributed by atoms with Gasteiger partial charge in [-0.1, -0.05) is 62.3 Å². The molecule has 0 saturated heterocycles. The molecule has 0 fully saturated rings. The van der Waals surface area contributed by atoms with Gasteiger partial charge in [-0.25, -0.2) is 0 Å². The number of aromatic nitrogens is 2. The van der Waals surface area contributed by atoms with Crippen LogP contribution >= 0.6 is 12.4 Å². The van der Waals surface area contributed by atoms with Gasteiger partial charge in [-0.05, 0) is 23.3 Å². The van der Waals surface area contributed by atoms with Gasteiger partial charge in [-0.2, -0.15) is 4.98 Å². The second-order valence-corrected chi connectivity index (χ2v) is 7.45. The minimum absolute atomic E-state index is 0. The topological polar surface area (TPSA) is 94.0 Å². The van der Waals surface area contributed by atoms with E-state index in [4.69, 9.17) is 10.3 Å². The highest BCUT2D eigenvalue weighted by molar-refractivity contribution is 5.85. The van der Waals surface area contributed by atoms with Crippen molar-refractivity contribution in [1.29, 1.82) is 0 Å². The zero-order valence-corrected chi connectivity index (χ0v) is 17.0. The van der Waals surface area contributed by atoms with Crippen molar-refractivity contribution >= 4 is 18.3 Å². The van der Waals surface area contributed by atoms with E-state index in [2.05, 4.69) is 15.5 Å². The second kappa shape index (κ2) is 8.99. The van der Waals surface area contributed by atoms with Crippen molar-refractivity contribution < 1.29 is 9.32 Å². The summed E-state index contributed by atoms with van der Waals surface area (Å²) in [5.41, 5.74) is 8.99. The number of nitrogens with two attached hydrogens (primary N) is 1. The van der Waals surface area contributed by atoms with Gasteiger partial charge in [0.05, 0.1) is 0 Å². The number of nitrogens with one attached hydrogen (secondary N) is 1. The number of hydrogen-bond acceptors (Lipinski definition) is 5. The van der Waals surface area contributed by atoms with Gasteiger partial charge in [-0.15, -0.1) is 12.4 Å². The van der Waals surface area contributed by atoms with E-state index in [0.29, 0.717) is 24.8 Å². The molecular formula is C21H25ClN4O2. The molecule has 28 heavy (non-hydrogen) atoms. The van der Waals surface area contributed by atoms with E-state index in [1.54, 1.807) is 0 Å². The highest BCUT2D eigenvalue weighted by Gasteiger charge is 2.20. The maximum Gasteiger partial charge on any atom is 0.258 e. The van der Waals surface area contributed by atoms with Gasteiger partial charge < -0.3 is 15.6 Å². The van der Waals surface area contributed by atoms with Gasteiger partial charge >= 0.3 is 0 Å². The van der Waals surface area contributed by atoms with Gasteiger partial charge in [0.2, 0.25) is 11.7 Å². The quantitative estimate of drug-likeness (QED) is 0.676. The molecule has 1 amide bonds. The standard InChI is InChI=1S/C21H24N4O2.ClH/c1-21(2,3)20(26)23-13-15-6-10-17(11-7-15)19-24-18(25-27-19)16-8-4-14(12-22)5-9-16;/h4-11H,12-13,22H2,1-3H3,(H,23,26);1H. The number of rotatable bonds is 5. The molecule has 6 nitrogen and oxygen atoms in total. The molecule has 3 aromatic rings. The van der Waals surface area contributed by atoms with Crippen LogP contribution in [-0.2, 0) is 17.9 Å². The van der Waals surface area contributed by atoms with E-state index in [1.165, 1.54) is 0 Å². The first-order valence-electron chi connectivity index (χ1n) is 8.87. The molecule has 0 aliphatic rings. The van der Waals surface area contributed by atoms with E-state index in [-0.39, 0.29) is 18.3 Å². The normalized spacial score (nSPS) is 11.0. The van der Waals surface area contributed by atoms with Crippen LogP contribution in [0.2, 0.25) is 0 Å². The smallest absolute Gasteiger partial charge is 0.258 e. The molecule has 0 radical (unpaired) electrons. The fourth-order valence-electron chi connectivity index (χ4n) is 2.46. The van der Waals surface area contributed by atoms with Crippen molar-refractivity contribution in [3.05, 3.63) is 59.7 Å². The molecule has 7 heteroatoms. The van der Waals surface area contributed by atoms with Crippen LogP contribution in [0.5, 0.6) is 0 Å². The van der Waals surface area contributed by atoms with Crippen LogP contribution < -0.4 is 11.1 Å². The summed E-state index contributed by atoms with van der Waals surface area (Å²) in [5.74, 6) is 1.02. The molecule has 2 aromatic carbocycles. The number of halogens is 1. The monoisotopic (exact) mass is 400 g/mol. The van der Waals surface area contributed by atoms with Crippen molar-refractivity contribution in [3.8, 4) is 22.8 Å². The maximum absolute atomic E-state index is 12.0. The lowest BCUT2D eigenvalue weighted by molar-refractivity contribution is -0.128. The number of carbonyl (C=O) groups excluding carboxylic acids is 1. The zero-order chi connectivity index (χ0) is 19.4. The summed E-state index contributed by atoms with van der Waals surface area (Å²) in [6.07, 6.45) is 0. The predicted molar refractivity (Wildman–Crippen MR) is 112 cm³/mol. The lowest BCUT2D eigenvalue weighted by Gasteiger charge is -2.17. The molecule has 148 valence electrons. The highest BCUT2D eigenvalue weighted by Crippen LogP contribution is 2.23. The molecule has 3 N–H and O–H groups in total. The van der Waals surface area contributed by atoms with E-state index >= 15 is 0 Å². The number of benzene rings is 2. The lowest BCUT2D eigenvalue weighted by Crippen LogP contribution is -2.34. The molecular weight excluding hydrogens is 376 g/mol. The Kier molecular flexibility index (Phi) is 6.94. The molecule has 0 atom stereocenters. The Balaban J connectivity index is 0.00000280. The third-order valence-electron chi connectivity index (χ3n) is 4.21. The summed E-state index contributed by atoms with van der Waals surface area (Å²) in [5, 5.41) is 6.99. The van der Waals surface area contributed by atoms with Crippen LogP contribution in [0.25, 0.3) is 22.8 Å². The van der Waals surface area contributed by atoms with E-state index in [9.17, 15) is 4.79 Å². The first-order valence-corrected chi connectivity index (χ1v) is 8.87. The number of nitrogens with zero attached hydrogens (tertiary/aromatic N) is 2. The van der Waals surface area contributed by atoms with Gasteiger partial charge in [0.1, 0.15) is 0 Å². The van der Waals surface area contributed by atoms with Gasteiger partial charge in [-0.3, -0.25) is 4.79 Å². The Hall–Kier alpha value is -2.70. The number of amides is 1. The third-order valence-corrected chi connectivity index (χ3v) is 4.21. The fourth-order valence-corrected chi connectivity index (χ4v) is 2.46. The average Bonchev–Trinajstić information content (AvgIpc) is 3.16. The number of hydrogen-bond donors (Lipinski definition) is 2. The Labute approximate surface area is 170 Å². The summed E-state index contributed by atoms with van der Waals surface area (Å²) in [6, 6.07) is 15.5. The Morgan fingerprint density at radius 2 is 1.57 bits per heavy atom. The summed E-state index contributed by atoms with van der Waals surface area (Å²) >= 11 is 0. The van der Waals surface area contributed by atoms with Crippen molar-refractivity contribution in [1.82, 2.24) is 15.5 Å². The van der Waals surface area contributed by atoms with E-state index < -0.39 is 5.41 Å². The first-order chi connectivity index (χ1) is 12.9. The van der Waals surface area contributed by atoms with Crippen molar-refractivity contribution in [2.24, 2.45) is 11.1 Å². The van der Waals surface area contributed by atoms with E-state index in [1.807, 2.05) is 69.3 Å². The molecule has 1 aromatic heterocycles. The molecule has 3 rings (SSSR count). The fraction of sp³-hybridized carbons (Fsp3) is 0.286. The second-order valence-electron chi connectivity index (χ2n) is 7.45. The van der Waals surface area contributed by atoms with Crippen molar-refractivity contribution in [2.75, 3.05) is 0 Å². The van der Waals surface area contributed by atoms with Gasteiger partial charge in [0.15, 0.2) is 0 Å². The Bertz CT molecular complexity index is 913. The van der Waals surface area contributed by atoms with Crippen LogP contribution in [0.15, 0.2) is 53.1 Å². The minimum atomic E-state index is -0.400.